The molecular formula is C14H26N2O. The monoisotopic (exact) mass is 238 g/mol. The second-order valence-corrected chi connectivity index (χ2v) is 6.29. The van der Waals surface area contributed by atoms with E-state index >= 15 is 0 Å². The zero-order valence-corrected chi connectivity index (χ0v) is 11.1. The summed E-state index contributed by atoms with van der Waals surface area (Å²) < 4.78 is 5.74. The van der Waals surface area contributed by atoms with E-state index in [4.69, 9.17) is 4.74 Å². The smallest absolute Gasteiger partial charge is 0.0703 e. The number of hydrogen-bond donors (Lipinski definition) is 1. The van der Waals surface area contributed by atoms with Crippen molar-refractivity contribution in [3.63, 3.8) is 0 Å². The van der Waals surface area contributed by atoms with E-state index in [1.807, 2.05) is 0 Å². The van der Waals surface area contributed by atoms with Gasteiger partial charge in [0.05, 0.1) is 6.10 Å². The molecular weight excluding hydrogens is 212 g/mol. The lowest BCUT2D eigenvalue weighted by Crippen LogP contribution is -2.54. The molecule has 98 valence electrons. The van der Waals surface area contributed by atoms with Crippen molar-refractivity contribution in [2.45, 2.75) is 51.2 Å². The van der Waals surface area contributed by atoms with E-state index in [1.54, 1.807) is 0 Å². The van der Waals surface area contributed by atoms with Crippen LogP contribution in [0.3, 0.4) is 0 Å². The molecule has 3 heteroatoms. The summed E-state index contributed by atoms with van der Waals surface area (Å²) in [6.45, 7) is 8.28. The highest BCUT2D eigenvalue weighted by molar-refractivity contribution is 4.95. The van der Waals surface area contributed by atoms with E-state index < -0.39 is 0 Å². The Morgan fingerprint density at radius 1 is 1.29 bits per heavy atom. The first-order valence-electron chi connectivity index (χ1n) is 7.36. The molecule has 0 radical (unpaired) electrons. The molecule has 0 aromatic carbocycles. The van der Waals surface area contributed by atoms with Gasteiger partial charge in [-0.1, -0.05) is 0 Å². The third-order valence-corrected chi connectivity index (χ3v) is 5.06. The van der Waals surface area contributed by atoms with Crippen LogP contribution < -0.4 is 5.32 Å². The average molecular weight is 238 g/mol. The molecule has 0 aliphatic carbocycles. The molecule has 1 N–H and O–H groups in total. The number of piperidine rings is 2. The van der Waals surface area contributed by atoms with Gasteiger partial charge in [-0.3, -0.25) is 4.90 Å². The molecule has 0 bridgehead atoms. The first-order chi connectivity index (χ1) is 8.29. The number of nitrogens with one attached hydrogen (secondary N) is 1. The van der Waals surface area contributed by atoms with Gasteiger partial charge >= 0.3 is 0 Å². The lowest BCUT2D eigenvalue weighted by Gasteiger charge is -2.47. The van der Waals surface area contributed by atoms with Crippen molar-refractivity contribution in [1.29, 1.82) is 0 Å². The van der Waals surface area contributed by atoms with Gasteiger partial charge in [0.1, 0.15) is 0 Å². The Bertz CT molecular complexity index is 257. The van der Waals surface area contributed by atoms with Gasteiger partial charge in [-0.05, 0) is 57.5 Å². The third-order valence-electron chi connectivity index (χ3n) is 5.06. The summed E-state index contributed by atoms with van der Waals surface area (Å²) in [5.74, 6) is 0. The van der Waals surface area contributed by atoms with Gasteiger partial charge in [0.25, 0.3) is 0 Å². The van der Waals surface area contributed by atoms with E-state index in [-0.39, 0.29) is 0 Å². The Morgan fingerprint density at radius 3 is 2.88 bits per heavy atom. The minimum atomic E-state index is 0.446. The minimum absolute atomic E-state index is 0.446. The maximum Gasteiger partial charge on any atom is 0.0703 e. The number of hydrogen-bond acceptors (Lipinski definition) is 3. The summed E-state index contributed by atoms with van der Waals surface area (Å²) in [4.78, 5) is 2.73. The van der Waals surface area contributed by atoms with Crippen LogP contribution in [0.4, 0.5) is 0 Å². The molecule has 0 aromatic rings. The average Bonchev–Trinajstić information content (AvgIpc) is 2.77. The van der Waals surface area contributed by atoms with Gasteiger partial charge in [0.2, 0.25) is 0 Å². The van der Waals surface area contributed by atoms with E-state index in [1.165, 1.54) is 58.3 Å². The van der Waals surface area contributed by atoms with Crippen molar-refractivity contribution < 1.29 is 4.74 Å². The van der Waals surface area contributed by atoms with Gasteiger partial charge in [-0.2, -0.15) is 0 Å². The quantitative estimate of drug-likeness (QED) is 0.751. The zero-order chi connectivity index (χ0) is 11.7. The highest BCUT2D eigenvalue weighted by atomic mass is 16.5. The Hall–Kier alpha value is -0.120. The predicted octanol–water partition coefficient (Wildman–Crippen LogP) is 1.63. The van der Waals surface area contributed by atoms with E-state index in [2.05, 4.69) is 17.1 Å². The molecule has 3 atom stereocenters. The minimum Gasteiger partial charge on any atom is -0.377 e. The Labute approximate surface area is 105 Å². The van der Waals surface area contributed by atoms with Gasteiger partial charge in [-0.15, -0.1) is 0 Å². The van der Waals surface area contributed by atoms with E-state index in [0.29, 0.717) is 17.6 Å². The Kier molecular flexibility index (Phi) is 3.42. The molecule has 1 spiro atoms. The number of rotatable bonds is 1. The van der Waals surface area contributed by atoms with Crippen LogP contribution in [0.15, 0.2) is 0 Å². The number of likely N-dealkylation sites (tertiary alicyclic amines) is 1. The fourth-order valence-corrected chi connectivity index (χ4v) is 4.11. The van der Waals surface area contributed by atoms with Crippen molar-refractivity contribution in [1.82, 2.24) is 10.2 Å². The second-order valence-electron chi connectivity index (χ2n) is 6.29. The largest absolute Gasteiger partial charge is 0.377 e. The van der Waals surface area contributed by atoms with Crippen LogP contribution in [-0.4, -0.2) is 49.8 Å². The van der Waals surface area contributed by atoms with Gasteiger partial charge < -0.3 is 10.1 Å². The maximum absolute atomic E-state index is 5.74. The van der Waals surface area contributed by atoms with Crippen LogP contribution in [-0.2, 0) is 4.74 Å². The van der Waals surface area contributed by atoms with Crippen LogP contribution in [0.25, 0.3) is 0 Å². The molecule has 3 saturated heterocycles. The van der Waals surface area contributed by atoms with Crippen molar-refractivity contribution in [3.8, 4) is 0 Å². The van der Waals surface area contributed by atoms with Crippen LogP contribution in [0.2, 0.25) is 0 Å². The zero-order valence-electron chi connectivity index (χ0n) is 11.1. The normalized spacial score (nSPS) is 44.3. The summed E-state index contributed by atoms with van der Waals surface area (Å²) in [6.07, 6.45) is 7.29. The lowest BCUT2D eigenvalue weighted by molar-refractivity contribution is 0.0108. The fourth-order valence-electron chi connectivity index (χ4n) is 4.11. The first-order valence-corrected chi connectivity index (χ1v) is 7.36. The van der Waals surface area contributed by atoms with Gasteiger partial charge in [-0.25, -0.2) is 0 Å². The summed E-state index contributed by atoms with van der Waals surface area (Å²) in [7, 11) is 0. The van der Waals surface area contributed by atoms with Crippen molar-refractivity contribution in [2.24, 2.45) is 5.41 Å². The van der Waals surface area contributed by atoms with Crippen LogP contribution in [0, 0.1) is 5.41 Å². The molecule has 3 unspecified atom stereocenters. The van der Waals surface area contributed by atoms with Crippen molar-refractivity contribution >= 4 is 0 Å². The first kappa shape index (κ1) is 11.9. The standard InChI is InChI=1S/C14H26N2O/c1-12-13(4-9-17-12)16-8-3-6-14(11-16)5-2-7-15-10-14/h12-13,15H,2-11H2,1H3. The molecule has 3 aliphatic heterocycles. The molecule has 0 saturated carbocycles. The van der Waals surface area contributed by atoms with Crippen LogP contribution >= 0.6 is 0 Å². The fraction of sp³-hybridized carbons (Fsp3) is 1.00. The molecule has 3 rings (SSSR count). The Balaban J connectivity index is 1.66. The van der Waals surface area contributed by atoms with E-state index in [0.717, 1.165) is 6.61 Å². The molecule has 17 heavy (non-hydrogen) atoms. The van der Waals surface area contributed by atoms with Crippen LogP contribution in [0.1, 0.15) is 39.0 Å². The van der Waals surface area contributed by atoms with Crippen molar-refractivity contribution in [2.75, 3.05) is 32.8 Å². The van der Waals surface area contributed by atoms with Crippen molar-refractivity contribution in [3.05, 3.63) is 0 Å². The molecule has 3 nitrogen and oxygen atoms in total. The highest BCUT2D eigenvalue weighted by Gasteiger charge is 2.40. The molecule has 3 fully saturated rings. The second kappa shape index (κ2) is 4.87. The highest BCUT2D eigenvalue weighted by Crippen LogP contribution is 2.38. The lowest BCUT2D eigenvalue weighted by atomic mass is 9.74. The number of nitrogens with zero attached hydrogens (tertiary/aromatic N) is 1. The van der Waals surface area contributed by atoms with Gasteiger partial charge in [0, 0.05) is 25.7 Å². The molecule has 0 aromatic heterocycles. The summed E-state index contributed by atoms with van der Waals surface area (Å²) in [5.41, 5.74) is 0.582. The molecule has 3 aliphatic rings. The summed E-state index contributed by atoms with van der Waals surface area (Å²) in [5, 5.41) is 3.61. The molecule has 3 heterocycles. The van der Waals surface area contributed by atoms with Crippen LogP contribution in [0.5, 0.6) is 0 Å². The topological polar surface area (TPSA) is 24.5 Å². The predicted molar refractivity (Wildman–Crippen MR) is 69.2 cm³/mol. The van der Waals surface area contributed by atoms with Gasteiger partial charge in [0.15, 0.2) is 0 Å². The maximum atomic E-state index is 5.74. The Morgan fingerprint density at radius 2 is 2.18 bits per heavy atom. The molecule has 0 amide bonds. The summed E-state index contributed by atoms with van der Waals surface area (Å²) in [6, 6.07) is 0.689. The summed E-state index contributed by atoms with van der Waals surface area (Å²) >= 11 is 0. The SMILES string of the molecule is CC1OCCC1N1CCCC2(CCCNC2)C1. The van der Waals surface area contributed by atoms with E-state index in [9.17, 15) is 0 Å². The number of ether oxygens (including phenoxy) is 1. The third kappa shape index (κ3) is 2.38.